The number of aryl methyl sites for hydroxylation is 1. The number of aliphatic hydroxyl groups is 1. The molecule has 1 heterocycles. The molecule has 0 saturated heterocycles. The highest BCUT2D eigenvalue weighted by Gasteiger charge is 2.08. The first-order valence-electron chi connectivity index (χ1n) is 6.75. The average molecular weight is 238 g/mol. The third-order valence-electron chi connectivity index (χ3n) is 3.18. The first-order valence-corrected chi connectivity index (χ1v) is 6.75. The fraction of sp³-hybridized carbons (Fsp3) is 0.714. The molecule has 3 nitrogen and oxygen atoms in total. The van der Waals surface area contributed by atoms with Crippen molar-refractivity contribution in [2.24, 2.45) is 0 Å². The minimum absolute atomic E-state index is 0.315. The Morgan fingerprint density at radius 1 is 1.35 bits per heavy atom. The van der Waals surface area contributed by atoms with E-state index in [1.165, 1.54) is 18.4 Å². The van der Waals surface area contributed by atoms with Crippen LogP contribution in [0.15, 0.2) is 18.5 Å². The predicted octanol–water partition coefficient (Wildman–Crippen LogP) is 2.71. The van der Waals surface area contributed by atoms with Crippen LogP contribution in [0.5, 0.6) is 0 Å². The van der Waals surface area contributed by atoms with Crippen molar-refractivity contribution in [2.75, 3.05) is 13.7 Å². The van der Waals surface area contributed by atoms with Gasteiger partial charge in [0.1, 0.15) is 0 Å². The zero-order valence-corrected chi connectivity index (χ0v) is 11.2. The molecule has 0 spiro atoms. The van der Waals surface area contributed by atoms with Gasteiger partial charge in [-0.05, 0) is 44.4 Å². The molecule has 17 heavy (non-hydrogen) atoms. The molecule has 0 fully saturated rings. The molecule has 0 aliphatic carbocycles. The standard InChI is InChI=1S/C14H26N2O/c1-3-7-14(15-2)13-8-10-16(12-13)9-5-4-6-11-17/h8,10,12,14-15,17H,3-7,9,11H2,1-2H3. The van der Waals surface area contributed by atoms with Crippen molar-refractivity contribution in [1.29, 1.82) is 0 Å². The lowest BCUT2D eigenvalue weighted by Gasteiger charge is -2.13. The van der Waals surface area contributed by atoms with Gasteiger partial charge in [-0.25, -0.2) is 0 Å². The molecule has 3 heteroatoms. The van der Waals surface area contributed by atoms with Crippen molar-refractivity contribution in [1.82, 2.24) is 9.88 Å². The molecule has 1 aromatic rings. The Bertz CT molecular complexity index is 296. The number of aromatic nitrogens is 1. The van der Waals surface area contributed by atoms with Crippen LogP contribution in [0.4, 0.5) is 0 Å². The van der Waals surface area contributed by atoms with E-state index >= 15 is 0 Å². The Morgan fingerprint density at radius 3 is 2.82 bits per heavy atom. The van der Waals surface area contributed by atoms with E-state index in [0.717, 1.165) is 25.8 Å². The van der Waals surface area contributed by atoms with E-state index in [2.05, 4.69) is 35.3 Å². The molecule has 0 aliphatic rings. The van der Waals surface area contributed by atoms with E-state index < -0.39 is 0 Å². The highest BCUT2D eigenvalue weighted by atomic mass is 16.2. The van der Waals surface area contributed by atoms with Gasteiger partial charge in [0.25, 0.3) is 0 Å². The number of nitrogens with one attached hydrogen (secondary N) is 1. The van der Waals surface area contributed by atoms with Crippen LogP contribution in [0.25, 0.3) is 0 Å². The summed E-state index contributed by atoms with van der Waals surface area (Å²) in [5.41, 5.74) is 1.39. The smallest absolute Gasteiger partial charge is 0.0431 e. The van der Waals surface area contributed by atoms with E-state index in [4.69, 9.17) is 5.11 Å². The van der Waals surface area contributed by atoms with Gasteiger partial charge in [0.05, 0.1) is 0 Å². The summed E-state index contributed by atoms with van der Waals surface area (Å²) in [6.45, 7) is 3.59. The minimum Gasteiger partial charge on any atom is -0.396 e. The van der Waals surface area contributed by atoms with Crippen molar-refractivity contribution in [3.05, 3.63) is 24.0 Å². The number of unbranched alkanes of at least 4 members (excludes halogenated alkanes) is 2. The number of hydrogen-bond acceptors (Lipinski definition) is 2. The maximum Gasteiger partial charge on any atom is 0.0431 e. The number of rotatable bonds is 9. The van der Waals surface area contributed by atoms with Gasteiger partial charge in [0.2, 0.25) is 0 Å². The van der Waals surface area contributed by atoms with Gasteiger partial charge in [0, 0.05) is 31.6 Å². The molecule has 1 atom stereocenters. The molecular weight excluding hydrogens is 212 g/mol. The van der Waals surface area contributed by atoms with Crippen molar-refractivity contribution in [2.45, 2.75) is 51.6 Å². The fourth-order valence-electron chi connectivity index (χ4n) is 2.15. The van der Waals surface area contributed by atoms with Crippen molar-refractivity contribution >= 4 is 0 Å². The largest absolute Gasteiger partial charge is 0.396 e. The van der Waals surface area contributed by atoms with E-state index in [1.807, 2.05) is 7.05 Å². The molecule has 1 rings (SSSR count). The monoisotopic (exact) mass is 238 g/mol. The summed E-state index contributed by atoms with van der Waals surface area (Å²) in [7, 11) is 2.03. The average Bonchev–Trinajstić information content (AvgIpc) is 2.80. The molecule has 0 amide bonds. The highest BCUT2D eigenvalue weighted by Crippen LogP contribution is 2.18. The molecule has 1 unspecified atom stereocenters. The Kier molecular flexibility index (Phi) is 6.97. The van der Waals surface area contributed by atoms with E-state index in [0.29, 0.717) is 12.6 Å². The van der Waals surface area contributed by atoms with Gasteiger partial charge in [0.15, 0.2) is 0 Å². The second-order valence-corrected chi connectivity index (χ2v) is 4.60. The van der Waals surface area contributed by atoms with Crippen molar-refractivity contribution in [3.63, 3.8) is 0 Å². The molecule has 1 aromatic heterocycles. The van der Waals surface area contributed by atoms with Crippen LogP contribution in [-0.2, 0) is 6.54 Å². The number of aliphatic hydroxyl groups excluding tert-OH is 1. The minimum atomic E-state index is 0.315. The lowest BCUT2D eigenvalue weighted by atomic mass is 10.1. The summed E-state index contributed by atoms with van der Waals surface area (Å²) in [6.07, 6.45) is 9.96. The van der Waals surface area contributed by atoms with Gasteiger partial charge in [-0.3, -0.25) is 0 Å². The zero-order chi connectivity index (χ0) is 12.5. The van der Waals surface area contributed by atoms with Crippen LogP contribution in [0.2, 0.25) is 0 Å². The molecule has 0 radical (unpaired) electrons. The lowest BCUT2D eigenvalue weighted by Crippen LogP contribution is -2.15. The van der Waals surface area contributed by atoms with Gasteiger partial charge in [-0.1, -0.05) is 13.3 Å². The van der Waals surface area contributed by atoms with Crippen molar-refractivity contribution in [3.8, 4) is 0 Å². The summed E-state index contributed by atoms with van der Waals surface area (Å²) in [5, 5.41) is 12.1. The van der Waals surface area contributed by atoms with Gasteiger partial charge in [-0.15, -0.1) is 0 Å². The summed E-state index contributed by atoms with van der Waals surface area (Å²) < 4.78 is 2.26. The van der Waals surface area contributed by atoms with Crippen LogP contribution in [0.1, 0.15) is 50.6 Å². The Balaban J connectivity index is 2.40. The highest BCUT2D eigenvalue weighted by molar-refractivity contribution is 5.15. The molecule has 0 aromatic carbocycles. The lowest BCUT2D eigenvalue weighted by molar-refractivity contribution is 0.282. The summed E-state index contributed by atoms with van der Waals surface area (Å²) in [6, 6.07) is 2.70. The summed E-state index contributed by atoms with van der Waals surface area (Å²) in [5.74, 6) is 0. The van der Waals surface area contributed by atoms with Crippen LogP contribution in [0.3, 0.4) is 0 Å². The number of hydrogen-bond donors (Lipinski definition) is 2. The SMILES string of the molecule is CCCC(NC)c1ccn(CCCCCO)c1. The molecular formula is C14H26N2O. The van der Waals surface area contributed by atoms with Crippen LogP contribution in [-0.4, -0.2) is 23.3 Å². The third-order valence-corrected chi connectivity index (χ3v) is 3.18. The first kappa shape index (κ1) is 14.3. The molecule has 98 valence electrons. The molecule has 0 saturated carbocycles. The quantitative estimate of drug-likeness (QED) is 0.649. The van der Waals surface area contributed by atoms with Crippen LogP contribution in [0, 0.1) is 0 Å². The van der Waals surface area contributed by atoms with Gasteiger partial charge >= 0.3 is 0 Å². The third kappa shape index (κ3) is 4.92. The van der Waals surface area contributed by atoms with Crippen molar-refractivity contribution < 1.29 is 5.11 Å². The first-order chi connectivity index (χ1) is 8.31. The second kappa shape index (κ2) is 8.31. The molecule has 2 N–H and O–H groups in total. The number of nitrogens with zero attached hydrogens (tertiary/aromatic N) is 1. The van der Waals surface area contributed by atoms with E-state index in [-0.39, 0.29) is 0 Å². The topological polar surface area (TPSA) is 37.2 Å². The van der Waals surface area contributed by atoms with Gasteiger partial charge < -0.3 is 15.0 Å². The predicted molar refractivity (Wildman–Crippen MR) is 72.1 cm³/mol. The second-order valence-electron chi connectivity index (χ2n) is 4.60. The Hall–Kier alpha value is -0.800. The normalized spacial score (nSPS) is 12.9. The van der Waals surface area contributed by atoms with E-state index in [1.54, 1.807) is 0 Å². The Labute approximate surface area is 105 Å². The fourth-order valence-corrected chi connectivity index (χ4v) is 2.15. The van der Waals surface area contributed by atoms with Crippen LogP contribution >= 0.6 is 0 Å². The van der Waals surface area contributed by atoms with E-state index in [9.17, 15) is 0 Å². The summed E-state index contributed by atoms with van der Waals surface area (Å²) in [4.78, 5) is 0. The summed E-state index contributed by atoms with van der Waals surface area (Å²) >= 11 is 0. The zero-order valence-electron chi connectivity index (χ0n) is 11.2. The maximum absolute atomic E-state index is 8.72. The Morgan fingerprint density at radius 2 is 2.18 bits per heavy atom. The van der Waals surface area contributed by atoms with Gasteiger partial charge in [-0.2, -0.15) is 0 Å². The maximum atomic E-state index is 8.72. The molecule has 0 bridgehead atoms. The molecule has 0 aliphatic heterocycles. The van der Waals surface area contributed by atoms with Crippen LogP contribution < -0.4 is 5.32 Å².